The molecular weight excluding hydrogens is 248 g/mol. The zero-order valence-corrected chi connectivity index (χ0v) is 12.3. The summed E-state index contributed by atoms with van der Waals surface area (Å²) in [5.41, 5.74) is 6.11. The van der Waals surface area contributed by atoms with Gasteiger partial charge in [0.05, 0.1) is 17.5 Å². The van der Waals surface area contributed by atoms with E-state index in [4.69, 9.17) is 0 Å². The number of benzene rings is 1. The molecule has 20 heavy (non-hydrogen) atoms. The highest BCUT2D eigenvalue weighted by molar-refractivity contribution is 5.35. The third kappa shape index (κ3) is 2.50. The van der Waals surface area contributed by atoms with Crippen LogP contribution in [0.3, 0.4) is 0 Å². The molecule has 1 aliphatic carbocycles. The number of aliphatic hydroxyl groups is 1. The lowest BCUT2D eigenvalue weighted by Gasteiger charge is -2.12. The molecule has 0 fully saturated rings. The molecule has 3 rings (SSSR count). The van der Waals surface area contributed by atoms with Crippen LogP contribution in [0.1, 0.15) is 47.5 Å². The Kier molecular flexibility index (Phi) is 3.62. The number of hydrogen-bond donors (Lipinski definition) is 1. The third-order valence-corrected chi connectivity index (χ3v) is 4.26. The monoisotopic (exact) mass is 270 g/mol. The van der Waals surface area contributed by atoms with E-state index in [-0.39, 0.29) is 0 Å². The molecule has 1 aliphatic rings. The largest absolute Gasteiger partial charge is 0.386 e. The molecule has 0 spiro atoms. The summed E-state index contributed by atoms with van der Waals surface area (Å²) < 4.78 is 1.80. The lowest BCUT2D eigenvalue weighted by atomic mass is 10.0. The van der Waals surface area contributed by atoms with Gasteiger partial charge in [-0.2, -0.15) is 5.10 Å². The van der Waals surface area contributed by atoms with Crippen molar-refractivity contribution in [3.63, 3.8) is 0 Å². The molecule has 1 heterocycles. The maximum atomic E-state index is 10.5. The van der Waals surface area contributed by atoms with Crippen molar-refractivity contribution < 1.29 is 5.11 Å². The first-order chi connectivity index (χ1) is 9.67. The second-order valence-electron chi connectivity index (χ2n) is 5.71. The van der Waals surface area contributed by atoms with Crippen LogP contribution in [0.25, 0.3) is 0 Å². The Hall–Kier alpha value is -1.61. The predicted molar refractivity (Wildman–Crippen MR) is 79.7 cm³/mol. The number of fused-ring (bicyclic) bond motifs is 1. The zero-order valence-electron chi connectivity index (χ0n) is 12.3. The van der Waals surface area contributed by atoms with Crippen molar-refractivity contribution in [1.29, 1.82) is 0 Å². The Labute approximate surface area is 120 Å². The van der Waals surface area contributed by atoms with E-state index >= 15 is 0 Å². The van der Waals surface area contributed by atoms with Crippen molar-refractivity contribution in [2.45, 2.75) is 45.1 Å². The van der Waals surface area contributed by atoms with Gasteiger partial charge in [0.15, 0.2) is 0 Å². The molecule has 0 aliphatic heterocycles. The second-order valence-corrected chi connectivity index (χ2v) is 5.71. The SMILES string of the molecule is CCc1cc(C(O)Cc2ccc3c(c2)CCC3)n(C)n1. The molecule has 3 nitrogen and oxygen atoms in total. The molecule has 1 aromatic carbocycles. The van der Waals surface area contributed by atoms with Gasteiger partial charge in [0.2, 0.25) is 0 Å². The number of nitrogens with zero attached hydrogens (tertiary/aromatic N) is 2. The highest BCUT2D eigenvalue weighted by atomic mass is 16.3. The van der Waals surface area contributed by atoms with Crippen LogP contribution in [0.15, 0.2) is 24.3 Å². The van der Waals surface area contributed by atoms with E-state index in [2.05, 4.69) is 30.2 Å². The standard InChI is InChI=1S/C17H22N2O/c1-3-15-11-16(19(2)18-15)17(20)10-12-7-8-13-5-4-6-14(13)9-12/h7-9,11,17,20H,3-6,10H2,1-2H3. The van der Waals surface area contributed by atoms with Crippen LogP contribution in [-0.2, 0) is 32.7 Å². The molecule has 3 heteroatoms. The van der Waals surface area contributed by atoms with E-state index in [9.17, 15) is 5.11 Å². The van der Waals surface area contributed by atoms with E-state index in [1.807, 2.05) is 13.1 Å². The predicted octanol–water partition coefficient (Wildman–Crippen LogP) is 2.75. The fourth-order valence-electron chi connectivity index (χ4n) is 3.11. The van der Waals surface area contributed by atoms with Crippen LogP contribution in [0.4, 0.5) is 0 Å². The van der Waals surface area contributed by atoms with Crippen molar-refractivity contribution in [2.75, 3.05) is 0 Å². The maximum Gasteiger partial charge on any atom is 0.0996 e. The second kappa shape index (κ2) is 5.41. The Morgan fingerprint density at radius 2 is 2.05 bits per heavy atom. The van der Waals surface area contributed by atoms with Crippen LogP contribution in [0.2, 0.25) is 0 Å². The maximum absolute atomic E-state index is 10.5. The number of aryl methyl sites for hydroxylation is 4. The lowest BCUT2D eigenvalue weighted by molar-refractivity contribution is 0.168. The van der Waals surface area contributed by atoms with E-state index in [1.165, 1.54) is 36.0 Å². The van der Waals surface area contributed by atoms with Crippen LogP contribution in [0.5, 0.6) is 0 Å². The van der Waals surface area contributed by atoms with Gasteiger partial charge in [-0.15, -0.1) is 0 Å². The minimum Gasteiger partial charge on any atom is -0.386 e. The van der Waals surface area contributed by atoms with Crippen LogP contribution in [-0.4, -0.2) is 14.9 Å². The molecule has 1 N–H and O–H groups in total. The van der Waals surface area contributed by atoms with Gasteiger partial charge in [-0.1, -0.05) is 25.1 Å². The molecular formula is C17H22N2O. The average molecular weight is 270 g/mol. The first kappa shape index (κ1) is 13.4. The van der Waals surface area contributed by atoms with Crippen LogP contribution >= 0.6 is 0 Å². The summed E-state index contributed by atoms with van der Waals surface area (Å²) >= 11 is 0. The van der Waals surface area contributed by atoms with Gasteiger partial charge in [-0.05, 0) is 48.4 Å². The molecule has 0 amide bonds. The summed E-state index contributed by atoms with van der Waals surface area (Å²) in [6.07, 6.45) is 4.75. The highest BCUT2D eigenvalue weighted by Crippen LogP contribution is 2.25. The lowest BCUT2D eigenvalue weighted by Crippen LogP contribution is -2.08. The van der Waals surface area contributed by atoms with Gasteiger partial charge in [0.1, 0.15) is 0 Å². The highest BCUT2D eigenvalue weighted by Gasteiger charge is 2.16. The number of aromatic nitrogens is 2. The van der Waals surface area contributed by atoms with Crippen LogP contribution < -0.4 is 0 Å². The third-order valence-electron chi connectivity index (χ3n) is 4.26. The van der Waals surface area contributed by atoms with Crippen molar-refractivity contribution in [3.05, 3.63) is 52.3 Å². The van der Waals surface area contributed by atoms with Gasteiger partial charge in [0.25, 0.3) is 0 Å². The molecule has 0 bridgehead atoms. The first-order valence-electron chi connectivity index (χ1n) is 7.49. The topological polar surface area (TPSA) is 38.0 Å². The Morgan fingerprint density at radius 1 is 1.25 bits per heavy atom. The molecule has 1 unspecified atom stereocenters. The van der Waals surface area contributed by atoms with Crippen molar-refractivity contribution in [2.24, 2.45) is 7.05 Å². The van der Waals surface area contributed by atoms with E-state index in [0.29, 0.717) is 6.42 Å². The van der Waals surface area contributed by atoms with Gasteiger partial charge < -0.3 is 5.11 Å². The van der Waals surface area contributed by atoms with Gasteiger partial charge in [0, 0.05) is 13.5 Å². The summed E-state index contributed by atoms with van der Waals surface area (Å²) in [5.74, 6) is 0. The number of hydrogen-bond acceptors (Lipinski definition) is 2. The van der Waals surface area contributed by atoms with Crippen molar-refractivity contribution in [3.8, 4) is 0 Å². The Balaban J connectivity index is 1.78. The summed E-state index contributed by atoms with van der Waals surface area (Å²) in [6.45, 7) is 2.08. The molecule has 1 aromatic heterocycles. The fraction of sp³-hybridized carbons (Fsp3) is 0.471. The summed E-state index contributed by atoms with van der Waals surface area (Å²) in [4.78, 5) is 0. The summed E-state index contributed by atoms with van der Waals surface area (Å²) in [7, 11) is 1.90. The van der Waals surface area contributed by atoms with E-state index < -0.39 is 6.10 Å². The van der Waals surface area contributed by atoms with Gasteiger partial charge in [-0.25, -0.2) is 0 Å². The minimum atomic E-state index is -0.479. The average Bonchev–Trinajstić information content (AvgIpc) is 3.04. The summed E-state index contributed by atoms with van der Waals surface area (Å²) in [5, 5.41) is 14.9. The fourth-order valence-corrected chi connectivity index (χ4v) is 3.11. The summed E-state index contributed by atoms with van der Waals surface area (Å²) in [6, 6.07) is 8.66. The number of aliphatic hydroxyl groups excluding tert-OH is 1. The minimum absolute atomic E-state index is 0.479. The molecule has 106 valence electrons. The molecule has 2 aromatic rings. The van der Waals surface area contributed by atoms with E-state index in [0.717, 1.165) is 17.8 Å². The normalized spacial score (nSPS) is 15.3. The Bertz CT molecular complexity index is 615. The van der Waals surface area contributed by atoms with Gasteiger partial charge >= 0.3 is 0 Å². The Morgan fingerprint density at radius 3 is 2.80 bits per heavy atom. The molecule has 1 atom stereocenters. The van der Waals surface area contributed by atoms with Crippen molar-refractivity contribution in [1.82, 2.24) is 9.78 Å². The zero-order chi connectivity index (χ0) is 14.1. The van der Waals surface area contributed by atoms with Gasteiger partial charge in [-0.3, -0.25) is 4.68 Å². The van der Waals surface area contributed by atoms with E-state index in [1.54, 1.807) is 4.68 Å². The molecule has 0 saturated carbocycles. The first-order valence-corrected chi connectivity index (χ1v) is 7.49. The number of rotatable bonds is 4. The smallest absolute Gasteiger partial charge is 0.0996 e. The molecule has 0 saturated heterocycles. The van der Waals surface area contributed by atoms with Crippen LogP contribution in [0, 0.1) is 0 Å². The van der Waals surface area contributed by atoms with Crippen molar-refractivity contribution >= 4 is 0 Å². The quantitative estimate of drug-likeness (QED) is 0.927. The molecule has 0 radical (unpaired) electrons.